The van der Waals surface area contributed by atoms with Crippen LogP contribution in [-0.4, -0.2) is 47.4 Å². The van der Waals surface area contributed by atoms with Gasteiger partial charge in [0.25, 0.3) is 0 Å². The molecule has 12 heavy (non-hydrogen) atoms. The molecule has 2 N–H and O–H groups in total. The topological polar surface area (TPSA) is 86.7 Å². The van der Waals surface area contributed by atoms with Crippen molar-refractivity contribution >= 4 is 17.8 Å². The molecule has 1 rings (SSSR count). The van der Waals surface area contributed by atoms with Gasteiger partial charge >= 0.3 is 11.9 Å². The van der Waals surface area contributed by atoms with Gasteiger partial charge in [0.1, 0.15) is 6.54 Å². The SMILES string of the molecule is O=C1CN(C(=O)C(=O)O)CCN1. The van der Waals surface area contributed by atoms with E-state index in [-0.39, 0.29) is 19.0 Å². The van der Waals surface area contributed by atoms with Crippen molar-refractivity contribution in [3.05, 3.63) is 0 Å². The maximum absolute atomic E-state index is 10.8. The van der Waals surface area contributed by atoms with Gasteiger partial charge in [-0.25, -0.2) is 4.79 Å². The molecule has 0 spiro atoms. The number of amides is 2. The second-order valence-corrected chi connectivity index (χ2v) is 2.38. The van der Waals surface area contributed by atoms with E-state index in [2.05, 4.69) is 5.32 Å². The molecule has 1 saturated heterocycles. The van der Waals surface area contributed by atoms with Crippen molar-refractivity contribution in [2.45, 2.75) is 0 Å². The van der Waals surface area contributed by atoms with Crippen LogP contribution in [0.2, 0.25) is 0 Å². The fourth-order valence-electron chi connectivity index (χ4n) is 0.947. The van der Waals surface area contributed by atoms with Crippen LogP contribution in [-0.2, 0) is 14.4 Å². The number of carboxylic acids is 1. The Morgan fingerprint density at radius 2 is 2.17 bits per heavy atom. The Morgan fingerprint density at radius 3 is 2.67 bits per heavy atom. The molecule has 0 aromatic heterocycles. The van der Waals surface area contributed by atoms with Crippen LogP contribution in [0.4, 0.5) is 0 Å². The Balaban J connectivity index is 2.57. The van der Waals surface area contributed by atoms with E-state index < -0.39 is 11.9 Å². The predicted octanol–water partition coefficient (Wildman–Crippen LogP) is -1.97. The average molecular weight is 172 g/mol. The van der Waals surface area contributed by atoms with Crippen LogP contribution in [0, 0.1) is 0 Å². The molecule has 0 bridgehead atoms. The highest BCUT2D eigenvalue weighted by Gasteiger charge is 2.25. The predicted molar refractivity (Wildman–Crippen MR) is 37.2 cm³/mol. The van der Waals surface area contributed by atoms with Crippen molar-refractivity contribution in [2.75, 3.05) is 19.6 Å². The van der Waals surface area contributed by atoms with Gasteiger partial charge in [0.2, 0.25) is 5.91 Å². The van der Waals surface area contributed by atoms with Gasteiger partial charge in [0.15, 0.2) is 0 Å². The minimum absolute atomic E-state index is 0.162. The normalized spacial score (nSPS) is 17.0. The van der Waals surface area contributed by atoms with E-state index in [1.165, 1.54) is 0 Å². The second kappa shape index (κ2) is 3.21. The summed E-state index contributed by atoms with van der Waals surface area (Å²) in [6.45, 7) is 0.417. The summed E-state index contributed by atoms with van der Waals surface area (Å²) in [6, 6.07) is 0. The van der Waals surface area contributed by atoms with E-state index >= 15 is 0 Å². The molecule has 0 aliphatic carbocycles. The van der Waals surface area contributed by atoms with Gasteiger partial charge in [-0.2, -0.15) is 0 Å². The lowest BCUT2D eigenvalue weighted by Gasteiger charge is -2.24. The molecule has 1 heterocycles. The number of nitrogens with zero attached hydrogens (tertiary/aromatic N) is 1. The third kappa shape index (κ3) is 1.71. The van der Waals surface area contributed by atoms with Crippen molar-refractivity contribution in [1.29, 1.82) is 0 Å². The van der Waals surface area contributed by atoms with Crippen molar-refractivity contribution < 1.29 is 19.5 Å². The molecule has 0 atom stereocenters. The van der Waals surface area contributed by atoms with Crippen LogP contribution in [0.5, 0.6) is 0 Å². The zero-order valence-corrected chi connectivity index (χ0v) is 6.24. The Labute approximate surface area is 68.1 Å². The minimum atomic E-state index is -1.52. The van der Waals surface area contributed by atoms with Crippen LogP contribution in [0.25, 0.3) is 0 Å². The van der Waals surface area contributed by atoms with Crippen molar-refractivity contribution in [2.24, 2.45) is 0 Å². The summed E-state index contributed by atoms with van der Waals surface area (Å²) in [6.07, 6.45) is 0. The number of carbonyl (C=O) groups is 3. The molecule has 0 aromatic rings. The highest BCUT2D eigenvalue weighted by atomic mass is 16.4. The van der Waals surface area contributed by atoms with Gasteiger partial charge in [-0.3, -0.25) is 9.59 Å². The summed E-state index contributed by atoms with van der Waals surface area (Å²) in [7, 11) is 0. The number of piperazine rings is 1. The molecule has 2 amide bonds. The summed E-state index contributed by atoms with van der Waals surface area (Å²) in [5.41, 5.74) is 0. The molecule has 1 aliphatic heterocycles. The zero-order valence-electron chi connectivity index (χ0n) is 6.24. The number of hydrogen-bond donors (Lipinski definition) is 2. The van der Waals surface area contributed by atoms with Crippen molar-refractivity contribution in [3.8, 4) is 0 Å². The van der Waals surface area contributed by atoms with Gasteiger partial charge in [-0.05, 0) is 0 Å². The van der Waals surface area contributed by atoms with Gasteiger partial charge in [-0.1, -0.05) is 0 Å². The number of hydrogen-bond acceptors (Lipinski definition) is 3. The first-order chi connectivity index (χ1) is 5.61. The number of carbonyl (C=O) groups excluding carboxylic acids is 2. The summed E-state index contributed by atoms with van der Waals surface area (Å²) in [4.78, 5) is 32.7. The Bertz CT molecular complexity index is 238. The Hall–Kier alpha value is -1.59. The van der Waals surface area contributed by atoms with Crippen LogP contribution in [0.3, 0.4) is 0 Å². The molecule has 66 valence electrons. The van der Waals surface area contributed by atoms with Gasteiger partial charge < -0.3 is 15.3 Å². The summed E-state index contributed by atoms with van der Waals surface area (Å²) in [5.74, 6) is -2.87. The highest BCUT2D eigenvalue weighted by molar-refractivity contribution is 6.31. The van der Waals surface area contributed by atoms with E-state index in [9.17, 15) is 14.4 Å². The molecular formula is C6H8N2O4. The fourth-order valence-corrected chi connectivity index (χ4v) is 0.947. The van der Waals surface area contributed by atoms with Gasteiger partial charge in [-0.15, -0.1) is 0 Å². The smallest absolute Gasteiger partial charge is 0.394 e. The van der Waals surface area contributed by atoms with Gasteiger partial charge in [0, 0.05) is 13.1 Å². The fraction of sp³-hybridized carbons (Fsp3) is 0.500. The molecule has 6 nitrogen and oxygen atoms in total. The Kier molecular flexibility index (Phi) is 2.27. The average Bonchev–Trinajstić information content (AvgIpc) is 2.03. The lowest BCUT2D eigenvalue weighted by Crippen LogP contribution is -2.51. The highest BCUT2D eigenvalue weighted by Crippen LogP contribution is 1.93. The van der Waals surface area contributed by atoms with E-state index in [0.717, 1.165) is 4.90 Å². The molecule has 6 heteroatoms. The summed E-state index contributed by atoms with van der Waals surface area (Å²) < 4.78 is 0. The van der Waals surface area contributed by atoms with Crippen LogP contribution < -0.4 is 5.32 Å². The number of aliphatic carboxylic acids is 1. The monoisotopic (exact) mass is 172 g/mol. The Morgan fingerprint density at radius 1 is 1.50 bits per heavy atom. The van der Waals surface area contributed by atoms with E-state index in [0.29, 0.717) is 6.54 Å². The largest absolute Gasteiger partial charge is 0.474 e. The molecule has 0 aromatic carbocycles. The first-order valence-electron chi connectivity index (χ1n) is 3.40. The first kappa shape index (κ1) is 8.51. The van der Waals surface area contributed by atoms with E-state index in [1.807, 2.05) is 0 Å². The first-order valence-corrected chi connectivity index (χ1v) is 3.40. The van der Waals surface area contributed by atoms with Crippen LogP contribution >= 0.6 is 0 Å². The number of rotatable bonds is 0. The molecule has 1 fully saturated rings. The van der Waals surface area contributed by atoms with Crippen LogP contribution in [0.15, 0.2) is 0 Å². The lowest BCUT2D eigenvalue weighted by atomic mass is 10.3. The maximum Gasteiger partial charge on any atom is 0.394 e. The molecule has 0 unspecified atom stereocenters. The summed E-state index contributed by atoms with van der Waals surface area (Å²) >= 11 is 0. The third-order valence-electron chi connectivity index (χ3n) is 1.51. The number of nitrogens with one attached hydrogen (secondary N) is 1. The molecule has 1 aliphatic rings. The standard InChI is InChI=1S/C6H8N2O4/c9-4-3-8(2-1-7-4)5(10)6(11)12/h1-3H2,(H,7,9)(H,11,12). The maximum atomic E-state index is 10.8. The minimum Gasteiger partial charge on any atom is -0.474 e. The van der Waals surface area contributed by atoms with Gasteiger partial charge in [0.05, 0.1) is 0 Å². The molecule has 0 radical (unpaired) electrons. The molecule has 0 saturated carbocycles. The van der Waals surface area contributed by atoms with Crippen LogP contribution in [0.1, 0.15) is 0 Å². The van der Waals surface area contributed by atoms with Crippen molar-refractivity contribution in [1.82, 2.24) is 10.2 Å². The van der Waals surface area contributed by atoms with E-state index in [4.69, 9.17) is 5.11 Å². The third-order valence-corrected chi connectivity index (χ3v) is 1.51. The summed E-state index contributed by atoms with van der Waals surface area (Å²) in [5, 5.41) is 10.8. The lowest BCUT2D eigenvalue weighted by molar-refractivity contribution is -0.157. The number of carboxylic acid groups (broad SMARTS) is 1. The molecular weight excluding hydrogens is 164 g/mol. The van der Waals surface area contributed by atoms with E-state index in [1.54, 1.807) is 0 Å². The van der Waals surface area contributed by atoms with Crippen molar-refractivity contribution in [3.63, 3.8) is 0 Å². The second-order valence-electron chi connectivity index (χ2n) is 2.38. The quantitative estimate of drug-likeness (QED) is 0.415. The zero-order chi connectivity index (χ0) is 9.14.